The van der Waals surface area contributed by atoms with Crippen molar-refractivity contribution in [1.29, 1.82) is 5.41 Å². The van der Waals surface area contributed by atoms with Gasteiger partial charge in [0.05, 0.1) is 0 Å². The Morgan fingerprint density at radius 3 is 2.33 bits per heavy atom. The van der Waals surface area contributed by atoms with E-state index in [2.05, 4.69) is 10.3 Å². The number of nitrogens with one attached hydrogen (secondary N) is 2. The maximum atomic E-state index is 6.82. The molecule has 9 heavy (non-hydrogen) atoms. The van der Waals surface area contributed by atoms with Gasteiger partial charge in [0.1, 0.15) is 0 Å². The molecule has 0 saturated carbocycles. The maximum absolute atomic E-state index is 6.82. The largest absolute Gasteiger partial charge is 0.368 e. The van der Waals surface area contributed by atoms with Crippen LogP contribution in [-0.4, -0.2) is 5.90 Å². The highest BCUT2D eigenvalue weighted by Gasteiger charge is 1.80. The maximum Gasteiger partial charge on any atom is 0.211 e. The minimum absolute atomic E-state index is 0.160. The van der Waals surface area contributed by atoms with Crippen molar-refractivity contribution in [2.75, 3.05) is 0 Å². The van der Waals surface area contributed by atoms with E-state index >= 15 is 0 Å². The third kappa shape index (κ3) is 7.01. The van der Waals surface area contributed by atoms with Gasteiger partial charge in [0, 0.05) is 13.1 Å². The molecule has 0 aliphatic carbocycles. The van der Waals surface area contributed by atoms with E-state index in [1.807, 2.05) is 13.8 Å². The van der Waals surface area contributed by atoms with Gasteiger partial charge in [0.15, 0.2) is 0 Å². The molecule has 3 nitrogen and oxygen atoms in total. The molecular weight excluding hydrogens is 116 g/mol. The van der Waals surface area contributed by atoms with Gasteiger partial charge in [-0.25, -0.2) is 5.48 Å². The molecule has 0 radical (unpaired) electrons. The molecule has 0 fully saturated rings. The van der Waals surface area contributed by atoms with Crippen molar-refractivity contribution >= 4 is 5.90 Å². The van der Waals surface area contributed by atoms with Gasteiger partial charge in [-0.05, 0) is 13.8 Å². The molecule has 2 N–H and O–H groups in total. The van der Waals surface area contributed by atoms with Crippen LogP contribution in [-0.2, 0) is 4.84 Å². The van der Waals surface area contributed by atoms with Crippen molar-refractivity contribution < 1.29 is 4.84 Å². The molecular formula is C6H12N2O. The van der Waals surface area contributed by atoms with E-state index < -0.39 is 0 Å². The third-order valence-corrected chi connectivity index (χ3v) is 0.560. The second-order valence-corrected chi connectivity index (χ2v) is 2.00. The summed E-state index contributed by atoms with van der Waals surface area (Å²) < 4.78 is 0. The Balaban J connectivity index is 3.31. The Morgan fingerprint density at radius 1 is 1.44 bits per heavy atom. The zero-order chi connectivity index (χ0) is 7.28. The first-order valence-corrected chi connectivity index (χ1v) is 2.74. The highest BCUT2D eigenvalue weighted by atomic mass is 16.6. The van der Waals surface area contributed by atoms with Crippen LogP contribution in [0.15, 0.2) is 11.8 Å². The zero-order valence-electron chi connectivity index (χ0n) is 5.99. The fraction of sp³-hybridized carbons (Fsp3) is 0.500. The number of allylic oxidation sites excluding steroid dienone is 1. The molecule has 0 unspecified atom stereocenters. The Labute approximate surface area is 55.2 Å². The van der Waals surface area contributed by atoms with Crippen LogP contribution in [0, 0.1) is 5.41 Å². The van der Waals surface area contributed by atoms with Crippen LogP contribution >= 0.6 is 0 Å². The van der Waals surface area contributed by atoms with Crippen LogP contribution in [0.3, 0.4) is 0 Å². The molecule has 0 aromatic heterocycles. The topological polar surface area (TPSA) is 45.1 Å². The van der Waals surface area contributed by atoms with Crippen molar-refractivity contribution in [2.45, 2.75) is 20.8 Å². The summed E-state index contributed by atoms with van der Waals surface area (Å²) >= 11 is 0. The first-order chi connectivity index (χ1) is 4.13. The average Bonchev–Trinajstić information content (AvgIpc) is 1.63. The number of hydrogen-bond donors (Lipinski definition) is 2. The van der Waals surface area contributed by atoms with E-state index in [0.29, 0.717) is 0 Å². The molecule has 0 heterocycles. The van der Waals surface area contributed by atoms with E-state index in [-0.39, 0.29) is 5.90 Å². The number of hydroxylamine groups is 1. The molecule has 0 aromatic rings. The van der Waals surface area contributed by atoms with Crippen molar-refractivity contribution in [3.63, 3.8) is 0 Å². The van der Waals surface area contributed by atoms with Crippen molar-refractivity contribution in [3.05, 3.63) is 11.8 Å². The third-order valence-electron chi connectivity index (χ3n) is 0.560. The predicted molar refractivity (Wildman–Crippen MR) is 37.1 cm³/mol. The SMILES string of the molecule is CC(=N)ONC=C(C)C. The van der Waals surface area contributed by atoms with Gasteiger partial charge in [-0.3, -0.25) is 5.41 Å². The Hall–Kier alpha value is -0.990. The Morgan fingerprint density at radius 2 is 2.00 bits per heavy atom. The minimum atomic E-state index is 0.160. The van der Waals surface area contributed by atoms with Crippen LogP contribution in [0.4, 0.5) is 0 Å². The monoisotopic (exact) mass is 128 g/mol. The summed E-state index contributed by atoms with van der Waals surface area (Å²) in [5.41, 5.74) is 3.61. The van der Waals surface area contributed by atoms with Gasteiger partial charge in [0.25, 0.3) is 0 Å². The molecule has 3 heteroatoms. The minimum Gasteiger partial charge on any atom is -0.368 e. The molecule has 52 valence electrons. The molecule has 0 spiro atoms. The average molecular weight is 128 g/mol. The lowest BCUT2D eigenvalue weighted by Gasteiger charge is -1.99. The Bertz CT molecular complexity index is 125. The fourth-order valence-electron chi connectivity index (χ4n) is 0.236. The predicted octanol–water partition coefficient (Wildman–Crippen LogP) is 1.43. The summed E-state index contributed by atoms with van der Waals surface area (Å²) in [6.07, 6.45) is 1.69. The van der Waals surface area contributed by atoms with Gasteiger partial charge < -0.3 is 4.84 Å². The van der Waals surface area contributed by atoms with Crippen LogP contribution < -0.4 is 5.48 Å². The Kier molecular flexibility index (Phi) is 3.51. The first kappa shape index (κ1) is 8.01. The molecule has 0 aromatic carbocycles. The molecule has 0 aliphatic rings. The molecule has 0 bridgehead atoms. The number of hydrogen-bond acceptors (Lipinski definition) is 3. The molecule has 0 amide bonds. The van der Waals surface area contributed by atoms with Crippen LogP contribution in [0.25, 0.3) is 0 Å². The van der Waals surface area contributed by atoms with Gasteiger partial charge in [-0.15, -0.1) is 0 Å². The van der Waals surface area contributed by atoms with Crippen molar-refractivity contribution in [2.24, 2.45) is 0 Å². The van der Waals surface area contributed by atoms with Crippen molar-refractivity contribution in [1.82, 2.24) is 5.48 Å². The van der Waals surface area contributed by atoms with Gasteiger partial charge in [-0.1, -0.05) is 5.57 Å². The van der Waals surface area contributed by atoms with Crippen LogP contribution in [0.5, 0.6) is 0 Å². The van der Waals surface area contributed by atoms with Gasteiger partial charge in [0.2, 0.25) is 5.90 Å². The molecule has 0 aliphatic heterocycles. The second-order valence-electron chi connectivity index (χ2n) is 2.00. The highest BCUT2D eigenvalue weighted by molar-refractivity contribution is 5.68. The normalized spacial score (nSPS) is 7.89. The van der Waals surface area contributed by atoms with E-state index in [1.165, 1.54) is 0 Å². The first-order valence-electron chi connectivity index (χ1n) is 2.74. The smallest absolute Gasteiger partial charge is 0.211 e. The molecule has 0 rings (SSSR count). The summed E-state index contributed by atoms with van der Waals surface area (Å²) in [5, 5.41) is 6.82. The van der Waals surface area contributed by atoms with Crippen LogP contribution in [0.1, 0.15) is 20.8 Å². The van der Waals surface area contributed by atoms with Gasteiger partial charge >= 0.3 is 0 Å². The van der Waals surface area contributed by atoms with Crippen LogP contribution in [0.2, 0.25) is 0 Å². The van der Waals surface area contributed by atoms with E-state index in [0.717, 1.165) is 5.57 Å². The fourth-order valence-corrected chi connectivity index (χ4v) is 0.236. The standard InChI is InChI=1S/C6H12N2O/c1-5(2)4-8-9-6(3)7/h4,7-8H,1-3H3. The van der Waals surface area contributed by atoms with Crippen molar-refractivity contribution in [3.8, 4) is 0 Å². The lowest BCUT2D eigenvalue weighted by Crippen LogP contribution is -2.10. The number of rotatable bonds is 2. The lowest BCUT2D eigenvalue weighted by molar-refractivity contribution is 0.222. The highest BCUT2D eigenvalue weighted by Crippen LogP contribution is 1.83. The summed E-state index contributed by atoms with van der Waals surface area (Å²) in [6.45, 7) is 5.44. The summed E-state index contributed by atoms with van der Waals surface area (Å²) in [4.78, 5) is 4.61. The quantitative estimate of drug-likeness (QED) is 0.335. The van der Waals surface area contributed by atoms with Gasteiger partial charge in [-0.2, -0.15) is 0 Å². The molecule has 0 atom stereocenters. The second kappa shape index (κ2) is 3.95. The lowest BCUT2D eigenvalue weighted by atomic mass is 10.4. The summed E-state index contributed by atoms with van der Waals surface area (Å²) in [6, 6.07) is 0. The van der Waals surface area contributed by atoms with E-state index in [9.17, 15) is 0 Å². The molecule has 0 saturated heterocycles. The summed E-state index contributed by atoms with van der Waals surface area (Å²) in [5.74, 6) is 0.160. The van der Waals surface area contributed by atoms with E-state index in [1.54, 1.807) is 13.1 Å². The van der Waals surface area contributed by atoms with E-state index in [4.69, 9.17) is 5.41 Å². The zero-order valence-corrected chi connectivity index (χ0v) is 5.99. The summed E-state index contributed by atoms with van der Waals surface area (Å²) in [7, 11) is 0.